The summed E-state index contributed by atoms with van der Waals surface area (Å²) >= 11 is 6.10. The quantitative estimate of drug-likeness (QED) is 0.831. The van der Waals surface area contributed by atoms with E-state index in [0.29, 0.717) is 0 Å². The average molecular weight is 269 g/mol. The molecule has 1 N–H and O–H groups in total. The van der Waals surface area contributed by atoms with Crippen LogP contribution >= 0.6 is 11.6 Å². The number of ether oxygens (including phenoxy) is 1. The number of nitrogens with one attached hydrogen (secondary N) is 1. The van der Waals surface area contributed by atoms with E-state index in [1.165, 1.54) is 11.3 Å². The highest BCUT2D eigenvalue weighted by Crippen LogP contribution is 2.25. The lowest BCUT2D eigenvalue weighted by Crippen LogP contribution is -2.37. The maximum Gasteiger partial charge on any atom is 0.0642 e. The number of rotatable bonds is 5. The molecule has 1 heterocycles. The molecule has 1 aliphatic rings. The summed E-state index contributed by atoms with van der Waals surface area (Å²) < 4.78 is 5.40. The Hall–Kier alpha value is -0.770. The molecular weight excluding hydrogens is 248 g/mol. The van der Waals surface area contributed by atoms with Crippen LogP contribution in [-0.2, 0) is 11.3 Å². The zero-order valence-electron chi connectivity index (χ0n) is 10.9. The molecule has 3 nitrogen and oxygen atoms in total. The lowest BCUT2D eigenvalue weighted by Gasteiger charge is -2.30. The van der Waals surface area contributed by atoms with Crippen molar-refractivity contribution in [3.8, 4) is 0 Å². The van der Waals surface area contributed by atoms with Gasteiger partial charge in [0.15, 0.2) is 0 Å². The minimum absolute atomic E-state index is 0.806. The van der Waals surface area contributed by atoms with Gasteiger partial charge in [0.25, 0.3) is 0 Å². The number of hydrogen-bond donors (Lipinski definition) is 1. The lowest BCUT2D eigenvalue weighted by atomic mass is 10.1. The standard InChI is InChI=1S/C14H21ClN2O/c1-2-5-16-11-12-10-13(15)3-4-14(12)17-6-8-18-9-7-17/h3-4,10,16H,2,5-9,11H2,1H3. The zero-order valence-corrected chi connectivity index (χ0v) is 11.7. The monoisotopic (exact) mass is 268 g/mol. The molecule has 0 aliphatic carbocycles. The first-order chi connectivity index (χ1) is 8.81. The van der Waals surface area contributed by atoms with Crippen LogP contribution in [0.4, 0.5) is 5.69 Å². The van der Waals surface area contributed by atoms with Crippen molar-refractivity contribution in [2.24, 2.45) is 0 Å². The van der Waals surface area contributed by atoms with E-state index in [1.54, 1.807) is 0 Å². The molecule has 1 aromatic rings. The number of halogens is 1. The van der Waals surface area contributed by atoms with Gasteiger partial charge in [-0.15, -0.1) is 0 Å². The second-order valence-corrected chi connectivity index (χ2v) is 4.99. The van der Waals surface area contributed by atoms with Gasteiger partial charge in [0, 0.05) is 30.3 Å². The van der Waals surface area contributed by atoms with Crippen LogP contribution in [0, 0.1) is 0 Å². The molecule has 0 saturated carbocycles. The van der Waals surface area contributed by atoms with Crippen LogP contribution in [0.25, 0.3) is 0 Å². The van der Waals surface area contributed by atoms with Gasteiger partial charge in [0.2, 0.25) is 0 Å². The van der Waals surface area contributed by atoms with Crippen LogP contribution in [0.5, 0.6) is 0 Å². The van der Waals surface area contributed by atoms with Crippen molar-refractivity contribution in [1.82, 2.24) is 5.32 Å². The van der Waals surface area contributed by atoms with Crippen LogP contribution in [0.3, 0.4) is 0 Å². The summed E-state index contributed by atoms with van der Waals surface area (Å²) in [6.45, 7) is 7.63. The Morgan fingerprint density at radius 1 is 1.33 bits per heavy atom. The predicted molar refractivity (Wildman–Crippen MR) is 76.5 cm³/mol. The molecule has 0 bridgehead atoms. The number of hydrogen-bond acceptors (Lipinski definition) is 3. The summed E-state index contributed by atoms with van der Waals surface area (Å²) in [6, 6.07) is 6.15. The fourth-order valence-electron chi connectivity index (χ4n) is 2.21. The molecule has 4 heteroatoms. The molecule has 0 radical (unpaired) electrons. The van der Waals surface area contributed by atoms with Crippen LogP contribution in [0.1, 0.15) is 18.9 Å². The van der Waals surface area contributed by atoms with Crippen molar-refractivity contribution in [2.45, 2.75) is 19.9 Å². The molecule has 0 atom stereocenters. The van der Waals surface area contributed by atoms with Crippen LogP contribution in [-0.4, -0.2) is 32.8 Å². The van der Waals surface area contributed by atoms with Gasteiger partial charge in [0.05, 0.1) is 13.2 Å². The van der Waals surface area contributed by atoms with Gasteiger partial charge in [0.1, 0.15) is 0 Å². The Labute approximate surface area is 114 Å². The first-order valence-corrected chi connectivity index (χ1v) is 7.01. The number of nitrogens with zero attached hydrogens (tertiary/aromatic N) is 1. The first-order valence-electron chi connectivity index (χ1n) is 6.63. The number of benzene rings is 1. The van der Waals surface area contributed by atoms with Gasteiger partial charge in [-0.2, -0.15) is 0 Å². The van der Waals surface area contributed by atoms with Crippen molar-refractivity contribution >= 4 is 17.3 Å². The van der Waals surface area contributed by atoms with Gasteiger partial charge >= 0.3 is 0 Å². The van der Waals surface area contributed by atoms with Crippen molar-refractivity contribution < 1.29 is 4.74 Å². The third-order valence-electron chi connectivity index (χ3n) is 3.14. The van der Waals surface area contributed by atoms with Crippen molar-refractivity contribution in [3.63, 3.8) is 0 Å². The fourth-order valence-corrected chi connectivity index (χ4v) is 2.40. The van der Waals surface area contributed by atoms with Crippen LogP contribution < -0.4 is 10.2 Å². The molecule has 2 rings (SSSR count). The van der Waals surface area contributed by atoms with E-state index < -0.39 is 0 Å². The third kappa shape index (κ3) is 3.61. The second kappa shape index (κ2) is 6.98. The molecule has 1 aliphatic heterocycles. The van der Waals surface area contributed by atoms with Gasteiger partial charge in [-0.05, 0) is 36.7 Å². The first kappa shape index (κ1) is 13.7. The Morgan fingerprint density at radius 2 is 2.11 bits per heavy atom. The normalized spacial score (nSPS) is 16.0. The highest BCUT2D eigenvalue weighted by atomic mass is 35.5. The predicted octanol–water partition coefficient (Wildman–Crippen LogP) is 2.68. The Bertz CT molecular complexity index is 378. The van der Waals surface area contributed by atoms with Gasteiger partial charge in [-0.3, -0.25) is 0 Å². The average Bonchev–Trinajstić information content (AvgIpc) is 2.40. The summed E-state index contributed by atoms with van der Waals surface area (Å²) in [5.41, 5.74) is 2.56. The number of morpholine rings is 1. The van der Waals surface area contributed by atoms with Gasteiger partial charge in [-0.25, -0.2) is 0 Å². The smallest absolute Gasteiger partial charge is 0.0642 e. The highest BCUT2D eigenvalue weighted by Gasteiger charge is 2.14. The summed E-state index contributed by atoms with van der Waals surface area (Å²) in [5.74, 6) is 0. The SMILES string of the molecule is CCCNCc1cc(Cl)ccc1N1CCOCC1. The van der Waals surface area contributed by atoms with Gasteiger partial charge in [-0.1, -0.05) is 18.5 Å². The fraction of sp³-hybridized carbons (Fsp3) is 0.571. The van der Waals surface area contributed by atoms with E-state index in [4.69, 9.17) is 16.3 Å². The summed E-state index contributed by atoms with van der Waals surface area (Å²) in [7, 11) is 0. The largest absolute Gasteiger partial charge is 0.378 e. The molecular formula is C14H21ClN2O. The second-order valence-electron chi connectivity index (χ2n) is 4.55. The molecule has 1 aromatic carbocycles. The van der Waals surface area contributed by atoms with Crippen molar-refractivity contribution in [1.29, 1.82) is 0 Å². The highest BCUT2D eigenvalue weighted by molar-refractivity contribution is 6.30. The van der Waals surface area contributed by atoms with E-state index in [0.717, 1.165) is 50.8 Å². The molecule has 100 valence electrons. The molecule has 0 unspecified atom stereocenters. The molecule has 0 amide bonds. The number of anilines is 1. The zero-order chi connectivity index (χ0) is 12.8. The van der Waals surface area contributed by atoms with E-state index in [9.17, 15) is 0 Å². The van der Waals surface area contributed by atoms with E-state index in [-0.39, 0.29) is 0 Å². The summed E-state index contributed by atoms with van der Waals surface area (Å²) in [5, 5.41) is 4.25. The van der Waals surface area contributed by atoms with Crippen molar-refractivity contribution in [3.05, 3.63) is 28.8 Å². The van der Waals surface area contributed by atoms with Crippen molar-refractivity contribution in [2.75, 3.05) is 37.7 Å². The molecule has 1 saturated heterocycles. The van der Waals surface area contributed by atoms with E-state index in [2.05, 4.69) is 29.3 Å². The van der Waals surface area contributed by atoms with Crippen LogP contribution in [0.15, 0.2) is 18.2 Å². The third-order valence-corrected chi connectivity index (χ3v) is 3.37. The Balaban J connectivity index is 2.11. The van der Waals surface area contributed by atoms with E-state index >= 15 is 0 Å². The minimum Gasteiger partial charge on any atom is -0.378 e. The minimum atomic E-state index is 0.806. The van der Waals surface area contributed by atoms with Crippen LogP contribution in [0.2, 0.25) is 5.02 Å². The Morgan fingerprint density at radius 3 is 2.83 bits per heavy atom. The molecule has 18 heavy (non-hydrogen) atoms. The Kier molecular flexibility index (Phi) is 5.29. The molecule has 0 spiro atoms. The maximum absolute atomic E-state index is 6.10. The maximum atomic E-state index is 6.10. The van der Waals surface area contributed by atoms with E-state index in [1.807, 2.05) is 6.07 Å². The lowest BCUT2D eigenvalue weighted by molar-refractivity contribution is 0.122. The summed E-state index contributed by atoms with van der Waals surface area (Å²) in [4.78, 5) is 2.38. The summed E-state index contributed by atoms with van der Waals surface area (Å²) in [6.07, 6.45) is 1.15. The van der Waals surface area contributed by atoms with Gasteiger partial charge < -0.3 is 15.0 Å². The molecule has 0 aromatic heterocycles. The topological polar surface area (TPSA) is 24.5 Å². The molecule has 1 fully saturated rings.